The van der Waals surface area contributed by atoms with Crippen LogP contribution < -0.4 is 0 Å². The van der Waals surface area contributed by atoms with Crippen molar-refractivity contribution in [1.29, 1.82) is 0 Å². The van der Waals surface area contributed by atoms with E-state index < -0.39 is 0 Å². The van der Waals surface area contributed by atoms with Crippen molar-refractivity contribution in [1.82, 2.24) is 4.90 Å². The van der Waals surface area contributed by atoms with Crippen LogP contribution in [-0.2, 0) is 11.2 Å². The number of carbonyl (C=O) groups excluding carboxylic acids is 1. The zero-order valence-electron chi connectivity index (χ0n) is 12.1. The third kappa shape index (κ3) is 3.01. The summed E-state index contributed by atoms with van der Waals surface area (Å²) in [7, 11) is 1.74. The quantitative estimate of drug-likeness (QED) is 0.868. The van der Waals surface area contributed by atoms with Gasteiger partial charge in [-0.1, -0.05) is 30.3 Å². The highest BCUT2D eigenvalue weighted by atomic mass is 32.1. The molecule has 0 N–H and O–H groups in total. The van der Waals surface area contributed by atoms with Crippen LogP contribution in [0, 0.1) is 0 Å². The Hall–Kier alpha value is -1.65. The largest absolute Gasteiger partial charge is 0.379 e. The van der Waals surface area contributed by atoms with Crippen LogP contribution in [-0.4, -0.2) is 36.6 Å². The first-order valence-corrected chi connectivity index (χ1v) is 8.14. The summed E-state index contributed by atoms with van der Waals surface area (Å²) in [5.74, 6) is 0.122. The van der Waals surface area contributed by atoms with Gasteiger partial charge in [-0.15, -0.1) is 0 Å². The maximum absolute atomic E-state index is 12.6. The van der Waals surface area contributed by atoms with Crippen molar-refractivity contribution in [3.05, 3.63) is 58.3 Å². The van der Waals surface area contributed by atoms with Crippen LogP contribution in [0.3, 0.4) is 0 Å². The van der Waals surface area contributed by atoms with E-state index in [0.29, 0.717) is 0 Å². The van der Waals surface area contributed by atoms with Gasteiger partial charge in [0.2, 0.25) is 0 Å². The summed E-state index contributed by atoms with van der Waals surface area (Å²) < 4.78 is 5.60. The number of thiophene rings is 1. The lowest BCUT2D eigenvalue weighted by Crippen LogP contribution is -2.41. The number of hydrogen-bond donors (Lipinski definition) is 0. The van der Waals surface area contributed by atoms with Gasteiger partial charge < -0.3 is 9.64 Å². The Morgan fingerprint density at radius 3 is 2.81 bits per heavy atom. The molecule has 3 rings (SSSR count). The molecule has 0 unspecified atom stereocenters. The smallest absolute Gasteiger partial charge is 0.255 e. The van der Waals surface area contributed by atoms with E-state index in [-0.39, 0.29) is 18.1 Å². The Balaban J connectivity index is 1.80. The Labute approximate surface area is 129 Å². The molecule has 0 saturated carbocycles. The first-order valence-electron chi connectivity index (χ1n) is 7.19. The van der Waals surface area contributed by atoms with Crippen molar-refractivity contribution in [2.45, 2.75) is 25.0 Å². The fraction of sp³-hybridized carbons (Fsp3) is 0.353. The monoisotopic (exact) mass is 301 g/mol. The first kappa shape index (κ1) is 14.3. The number of likely N-dealkylation sites (tertiary alicyclic amines) is 1. The minimum absolute atomic E-state index is 0.116. The van der Waals surface area contributed by atoms with Crippen LogP contribution in [0.2, 0.25) is 0 Å². The Kier molecular flexibility index (Phi) is 4.36. The second-order valence-electron chi connectivity index (χ2n) is 5.33. The average molecular weight is 301 g/mol. The number of benzene rings is 1. The lowest BCUT2D eigenvalue weighted by atomic mass is 10.0. The summed E-state index contributed by atoms with van der Waals surface area (Å²) in [6.45, 7) is 0.769. The van der Waals surface area contributed by atoms with Crippen LogP contribution in [0.15, 0.2) is 47.2 Å². The molecule has 1 aliphatic heterocycles. The number of ether oxygens (including phenoxy) is 1. The molecule has 0 aliphatic carbocycles. The molecule has 0 spiro atoms. The highest BCUT2D eigenvalue weighted by molar-refractivity contribution is 7.08. The summed E-state index contributed by atoms with van der Waals surface area (Å²) in [4.78, 5) is 14.6. The average Bonchev–Trinajstić information content (AvgIpc) is 3.17. The maximum Gasteiger partial charge on any atom is 0.255 e. The highest BCUT2D eigenvalue weighted by Gasteiger charge is 2.37. The molecule has 1 saturated heterocycles. The Morgan fingerprint density at radius 1 is 1.33 bits per heavy atom. The molecule has 4 heteroatoms. The molecule has 21 heavy (non-hydrogen) atoms. The van der Waals surface area contributed by atoms with Crippen LogP contribution in [0.5, 0.6) is 0 Å². The summed E-state index contributed by atoms with van der Waals surface area (Å²) in [5.41, 5.74) is 2.03. The summed E-state index contributed by atoms with van der Waals surface area (Å²) in [6.07, 6.45) is 1.87. The molecule has 0 bridgehead atoms. The van der Waals surface area contributed by atoms with Crippen LogP contribution >= 0.6 is 11.3 Å². The van der Waals surface area contributed by atoms with Gasteiger partial charge in [0.25, 0.3) is 5.91 Å². The van der Waals surface area contributed by atoms with Crippen molar-refractivity contribution in [2.24, 2.45) is 0 Å². The van der Waals surface area contributed by atoms with Crippen molar-refractivity contribution in [2.75, 3.05) is 13.7 Å². The molecule has 1 amide bonds. The minimum atomic E-state index is 0.116. The van der Waals surface area contributed by atoms with E-state index in [0.717, 1.165) is 24.9 Å². The Bertz CT molecular complexity index is 582. The SMILES string of the molecule is CO[C@@H]1CCN(C(=O)c2ccsc2)[C@H]1Cc1ccccc1. The zero-order chi connectivity index (χ0) is 14.7. The predicted molar refractivity (Wildman–Crippen MR) is 84.7 cm³/mol. The fourth-order valence-corrected chi connectivity index (χ4v) is 3.63. The molecule has 2 atom stereocenters. The first-order chi connectivity index (χ1) is 10.3. The van der Waals surface area contributed by atoms with Crippen LogP contribution in [0.1, 0.15) is 22.3 Å². The van der Waals surface area contributed by atoms with E-state index in [4.69, 9.17) is 4.74 Å². The summed E-state index contributed by atoms with van der Waals surface area (Å²) in [5, 5.41) is 3.87. The van der Waals surface area contributed by atoms with Gasteiger partial charge >= 0.3 is 0 Å². The molecule has 2 aromatic rings. The van der Waals surface area contributed by atoms with E-state index in [1.165, 1.54) is 5.56 Å². The molecule has 0 radical (unpaired) electrons. The molecule has 110 valence electrons. The number of hydrogen-bond acceptors (Lipinski definition) is 3. The van der Waals surface area contributed by atoms with Gasteiger partial charge in [-0.25, -0.2) is 0 Å². The third-order valence-corrected chi connectivity index (χ3v) is 4.79. The van der Waals surface area contributed by atoms with E-state index in [1.807, 2.05) is 39.9 Å². The Morgan fingerprint density at radius 2 is 2.14 bits per heavy atom. The second kappa shape index (κ2) is 6.41. The summed E-state index contributed by atoms with van der Waals surface area (Å²) in [6, 6.07) is 12.3. The number of amides is 1. The molecule has 1 aromatic heterocycles. The predicted octanol–water partition coefficient (Wildman–Crippen LogP) is 3.22. The molecule has 1 aliphatic rings. The number of nitrogens with zero attached hydrogens (tertiary/aromatic N) is 1. The molecule has 1 fully saturated rings. The maximum atomic E-state index is 12.6. The number of methoxy groups -OCH3 is 1. The van der Waals surface area contributed by atoms with Gasteiger partial charge in [-0.2, -0.15) is 11.3 Å². The van der Waals surface area contributed by atoms with Crippen molar-refractivity contribution in [3.8, 4) is 0 Å². The van der Waals surface area contributed by atoms with Crippen molar-refractivity contribution < 1.29 is 9.53 Å². The normalized spacial score (nSPS) is 21.7. The zero-order valence-corrected chi connectivity index (χ0v) is 12.9. The van der Waals surface area contributed by atoms with Crippen LogP contribution in [0.4, 0.5) is 0 Å². The van der Waals surface area contributed by atoms with E-state index >= 15 is 0 Å². The lowest BCUT2D eigenvalue weighted by molar-refractivity contribution is 0.0509. The van der Waals surface area contributed by atoms with Crippen LogP contribution in [0.25, 0.3) is 0 Å². The molecular formula is C17H19NO2S. The number of carbonyl (C=O) groups is 1. The van der Waals surface area contributed by atoms with Gasteiger partial charge in [0.05, 0.1) is 17.7 Å². The van der Waals surface area contributed by atoms with Gasteiger partial charge in [0.1, 0.15) is 0 Å². The topological polar surface area (TPSA) is 29.5 Å². The third-order valence-electron chi connectivity index (χ3n) is 4.10. The van der Waals surface area contributed by atoms with E-state index in [1.54, 1.807) is 18.4 Å². The van der Waals surface area contributed by atoms with E-state index in [9.17, 15) is 4.79 Å². The molecule has 2 heterocycles. The highest BCUT2D eigenvalue weighted by Crippen LogP contribution is 2.26. The lowest BCUT2D eigenvalue weighted by Gasteiger charge is -2.27. The summed E-state index contributed by atoms with van der Waals surface area (Å²) >= 11 is 1.56. The molecular weight excluding hydrogens is 282 g/mol. The standard InChI is InChI=1S/C17H19NO2S/c1-20-16-7-9-18(17(19)14-8-10-21-12-14)15(16)11-13-5-3-2-4-6-13/h2-6,8,10,12,15-16H,7,9,11H2,1H3/t15-,16+/m0/s1. The number of rotatable bonds is 4. The molecule has 1 aromatic carbocycles. The van der Waals surface area contributed by atoms with Crippen molar-refractivity contribution in [3.63, 3.8) is 0 Å². The van der Waals surface area contributed by atoms with E-state index in [2.05, 4.69) is 12.1 Å². The second-order valence-corrected chi connectivity index (χ2v) is 6.11. The molecule has 3 nitrogen and oxygen atoms in total. The van der Waals surface area contributed by atoms with Gasteiger partial charge in [0, 0.05) is 19.0 Å². The fourth-order valence-electron chi connectivity index (χ4n) is 3.00. The van der Waals surface area contributed by atoms with Gasteiger partial charge in [-0.3, -0.25) is 4.79 Å². The van der Waals surface area contributed by atoms with Gasteiger partial charge in [-0.05, 0) is 29.9 Å². The minimum Gasteiger partial charge on any atom is -0.379 e. The van der Waals surface area contributed by atoms with Gasteiger partial charge in [0.15, 0.2) is 0 Å². The van der Waals surface area contributed by atoms with Crippen molar-refractivity contribution >= 4 is 17.2 Å².